The molecule has 178 valence electrons. The molecule has 0 unspecified atom stereocenters. The van der Waals surface area contributed by atoms with E-state index in [0.29, 0.717) is 5.75 Å². The molecule has 3 amide bonds. The molecule has 2 atom stereocenters. The summed E-state index contributed by atoms with van der Waals surface area (Å²) >= 11 is 7.41. The van der Waals surface area contributed by atoms with Crippen LogP contribution >= 0.6 is 23.4 Å². The summed E-state index contributed by atoms with van der Waals surface area (Å²) in [5, 5.41) is 13.2. The number of carbonyl (C=O) groups is 4. The van der Waals surface area contributed by atoms with E-state index >= 15 is 0 Å². The number of hydrogen-bond donors (Lipinski definition) is 1. The molecular weight excluding hydrogens is 486 g/mol. The summed E-state index contributed by atoms with van der Waals surface area (Å²) in [6.07, 6.45) is 0.661. The quantitative estimate of drug-likeness (QED) is 0.236. The Hall–Kier alpha value is -3.44. The van der Waals surface area contributed by atoms with E-state index in [1.165, 1.54) is 43.0 Å². The van der Waals surface area contributed by atoms with Crippen molar-refractivity contribution >= 4 is 58.4 Å². The lowest BCUT2D eigenvalue weighted by molar-refractivity contribution is -0.384. The number of nitrogens with one attached hydrogen (secondary N) is 1. The molecule has 0 aliphatic carbocycles. The van der Waals surface area contributed by atoms with Gasteiger partial charge in [0.1, 0.15) is 6.04 Å². The average molecular weight is 506 g/mol. The molecule has 3 rings (SSSR count). The van der Waals surface area contributed by atoms with Gasteiger partial charge in [-0.05, 0) is 43.6 Å². The van der Waals surface area contributed by atoms with Crippen molar-refractivity contribution in [3.8, 4) is 0 Å². The van der Waals surface area contributed by atoms with E-state index in [1.807, 2.05) is 6.26 Å². The van der Waals surface area contributed by atoms with Gasteiger partial charge in [-0.2, -0.15) is 11.8 Å². The number of hydrogen-bond acceptors (Lipinski definition) is 8. The van der Waals surface area contributed by atoms with E-state index in [2.05, 4.69) is 5.32 Å². The van der Waals surface area contributed by atoms with Crippen LogP contribution < -0.4 is 5.32 Å². The standard InChI is InChI=1S/C22H20ClN3O7S/c1-12(19(27)24-17-8-7-13(26(31)32)11-16(17)23)33-22(30)18(9-10-34-2)25-20(28)14-5-3-4-6-15(14)21(25)29/h3-8,11-12,18H,9-10H2,1-2H3,(H,24,27)/t12-,18+/m0/s1. The highest BCUT2D eigenvalue weighted by Gasteiger charge is 2.43. The number of carbonyl (C=O) groups excluding carboxylic acids is 4. The number of nitro groups is 1. The normalized spacial score (nSPS) is 14.4. The molecule has 0 fully saturated rings. The minimum Gasteiger partial charge on any atom is -0.451 e. The molecule has 2 aromatic carbocycles. The van der Waals surface area contributed by atoms with Crippen molar-refractivity contribution in [1.82, 2.24) is 4.90 Å². The Bertz CT molecular complexity index is 1140. The van der Waals surface area contributed by atoms with E-state index in [0.717, 1.165) is 11.0 Å². The van der Waals surface area contributed by atoms with Crippen LogP contribution in [0.5, 0.6) is 0 Å². The number of nitrogens with zero attached hydrogens (tertiary/aromatic N) is 2. The van der Waals surface area contributed by atoms with Gasteiger partial charge in [0.15, 0.2) is 6.10 Å². The van der Waals surface area contributed by atoms with Crippen LogP contribution in [0, 0.1) is 10.1 Å². The molecule has 1 heterocycles. The van der Waals surface area contributed by atoms with Crippen LogP contribution in [0.2, 0.25) is 5.02 Å². The Balaban J connectivity index is 1.73. The Morgan fingerprint density at radius 1 is 1.18 bits per heavy atom. The number of benzene rings is 2. The van der Waals surface area contributed by atoms with Crippen LogP contribution in [-0.4, -0.2) is 57.7 Å². The first-order valence-corrected chi connectivity index (χ1v) is 11.8. The summed E-state index contributed by atoms with van der Waals surface area (Å²) in [5.74, 6) is -2.38. The zero-order valence-electron chi connectivity index (χ0n) is 18.1. The molecule has 0 radical (unpaired) electrons. The Morgan fingerprint density at radius 3 is 2.32 bits per heavy atom. The lowest BCUT2D eigenvalue weighted by Gasteiger charge is -2.25. The third kappa shape index (κ3) is 5.20. The zero-order chi connectivity index (χ0) is 25.0. The smallest absolute Gasteiger partial charge is 0.330 e. The van der Waals surface area contributed by atoms with Crippen molar-refractivity contribution in [2.75, 3.05) is 17.3 Å². The number of amides is 3. The number of anilines is 1. The number of imide groups is 1. The lowest BCUT2D eigenvalue weighted by atomic mass is 10.1. The highest BCUT2D eigenvalue weighted by Crippen LogP contribution is 2.28. The second-order valence-electron chi connectivity index (χ2n) is 7.31. The van der Waals surface area contributed by atoms with Gasteiger partial charge < -0.3 is 10.1 Å². The first-order chi connectivity index (χ1) is 16.1. The molecule has 1 N–H and O–H groups in total. The Morgan fingerprint density at radius 2 is 1.79 bits per heavy atom. The predicted octanol–water partition coefficient (Wildman–Crippen LogP) is 3.54. The van der Waals surface area contributed by atoms with E-state index in [-0.39, 0.29) is 33.9 Å². The third-order valence-corrected chi connectivity index (χ3v) is 6.04. The highest BCUT2D eigenvalue weighted by molar-refractivity contribution is 7.98. The molecule has 1 aliphatic rings. The summed E-state index contributed by atoms with van der Waals surface area (Å²) in [5.41, 5.74) is 0.251. The molecular formula is C22H20ClN3O7S. The van der Waals surface area contributed by atoms with Gasteiger partial charge in [0, 0.05) is 12.1 Å². The van der Waals surface area contributed by atoms with E-state index in [9.17, 15) is 29.3 Å². The van der Waals surface area contributed by atoms with Crippen LogP contribution in [0.1, 0.15) is 34.1 Å². The van der Waals surface area contributed by atoms with Gasteiger partial charge in [-0.3, -0.25) is 29.4 Å². The molecule has 34 heavy (non-hydrogen) atoms. The zero-order valence-corrected chi connectivity index (χ0v) is 19.7. The van der Waals surface area contributed by atoms with Gasteiger partial charge in [0.05, 0.1) is 26.8 Å². The highest BCUT2D eigenvalue weighted by atomic mass is 35.5. The maximum Gasteiger partial charge on any atom is 0.330 e. The van der Waals surface area contributed by atoms with Crippen LogP contribution in [0.15, 0.2) is 42.5 Å². The van der Waals surface area contributed by atoms with E-state index in [1.54, 1.807) is 12.1 Å². The van der Waals surface area contributed by atoms with Gasteiger partial charge in [-0.15, -0.1) is 0 Å². The van der Waals surface area contributed by atoms with Gasteiger partial charge in [0.2, 0.25) is 0 Å². The van der Waals surface area contributed by atoms with Gasteiger partial charge in [-0.25, -0.2) is 4.79 Å². The van der Waals surface area contributed by atoms with E-state index in [4.69, 9.17) is 16.3 Å². The predicted molar refractivity (Wildman–Crippen MR) is 126 cm³/mol. The first kappa shape index (κ1) is 25.2. The summed E-state index contributed by atoms with van der Waals surface area (Å²) in [6, 6.07) is 8.56. The number of esters is 1. The van der Waals surface area contributed by atoms with Gasteiger partial charge in [-0.1, -0.05) is 23.7 Å². The number of non-ortho nitro benzene ring substituents is 1. The first-order valence-electron chi connectivity index (χ1n) is 10.1. The summed E-state index contributed by atoms with van der Waals surface area (Å²) < 4.78 is 5.30. The molecule has 12 heteroatoms. The minimum atomic E-state index is -1.30. The van der Waals surface area contributed by atoms with Gasteiger partial charge >= 0.3 is 5.97 Å². The number of fused-ring (bicyclic) bond motifs is 1. The average Bonchev–Trinajstić information content (AvgIpc) is 3.05. The van der Waals surface area contributed by atoms with Crippen molar-refractivity contribution in [2.24, 2.45) is 0 Å². The maximum atomic E-state index is 13.0. The van der Waals surface area contributed by atoms with Crippen LogP contribution in [0.3, 0.4) is 0 Å². The molecule has 0 spiro atoms. The summed E-state index contributed by atoms with van der Waals surface area (Å²) in [4.78, 5) is 62.3. The number of ether oxygens (including phenoxy) is 1. The molecule has 0 saturated carbocycles. The fraction of sp³-hybridized carbons (Fsp3) is 0.273. The van der Waals surface area contributed by atoms with Crippen molar-refractivity contribution in [3.63, 3.8) is 0 Å². The minimum absolute atomic E-state index is 0.0649. The molecule has 0 aromatic heterocycles. The van der Waals surface area contributed by atoms with Crippen molar-refractivity contribution in [1.29, 1.82) is 0 Å². The Kier molecular flexibility index (Phi) is 7.90. The summed E-state index contributed by atoms with van der Waals surface area (Å²) in [7, 11) is 0. The molecule has 1 aliphatic heterocycles. The van der Waals surface area contributed by atoms with Gasteiger partial charge in [0.25, 0.3) is 23.4 Å². The Labute approximate surface area is 203 Å². The second kappa shape index (κ2) is 10.7. The number of rotatable bonds is 9. The van der Waals surface area contributed by atoms with Crippen LogP contribution in [-0.2, 0) is 14.3 Å². The monoisotopic (exact) mass is 505 g/mol. The molecule has 0 saturated heterocycles. The fourth-order valence-electron chi connectivity index (χ4n) is 3.33. The van der Waals surface area contributed by atoms with Crippen molar-refractivity contribution in [3.05, 3.63) is 68.7 Å². The van der Waals surface area contributed by atoms with Crippen molar-refractivity contribution in [2.45, 2.75) is 25.5 Å². The van der Waals surface area contributed by atoms with Crippen molar-refractivity contribution < 1.29 is 28.8 Å². The fourth-order valence-corrected chi connectivity index (χ4v) is 4.01. The number of halogens is 1. The number of nitro benzene ring substituents is 1. The topological polar surface area (TPSA) is 136 Å². The molecule has 10 nitrogen and oxygen atoms in total. The summed E-state index contributed by atoms with van der Waals surface area (Å²) in [6.45, 7) is 1.32. The largest absolute Gasteiger partial charge is 0.451 e. The molecule has 0 bridgehead atoms. The SMILES string of the molecule is CSCC[C@H](C(=O)O[C@@H](C)C(=O)Nc1ccc([N+](=O)[O-])cc1Cl)N1C(=O)c2ccccc2C1=O. The second-order valence-corrected chi connectivity index (χ2v) is 8.71. The van der Waals surface area contributed by atoms with Crippen LogP contribution in [0.4, 0.5) is 11.4 Å². The van der Waals surface area contributed by atoms with Crippen LogP contribution in [0.25, 0.3) is 0 Å². The van der Waals surface area contributed by atoms with E-state index < -0.39 is 40.8 Å². The molecule has 2 aromatic rings. The lowest BCUT2D eigenvalue weighted by Crippen LogP contribution is -2.47. The maximum absolute atomic E-state index is 13.0. The third-order valence-electron chi connectivity index (χ3n) is 5.09. The number of thioether (sulfide) groups is 1.